The molecular formula is C13H15NO4. The Labute approximate surface area is 105 Å². The van der Waals surface area contributed by atoms with Gasteiger partial charge in [0, 0.05) is 13.5 Å². The van der Waals surface area contributed by atoms with E-state index in [0.29, 0.717) is 5.75 Å². The normalized spacial score (nSPS) is 23.2. The molecule has 1 N–H and O–H groups in total. The molecule has 0 radical (unpaired) electrons. The van der Waals surface area contributed by atoms with Crippen LogP contribution in [0, 0.1) is 5.92 Å². The summed E-state index contributed by atoms with van der Waals surface area (Å²) < 4.78 is 5.12. The molecule has 2 atom stereocenters. The number of carboxylic acid groups (broad SMARTS) is 1. The van der Waals surface area contributed by atoms with Gasteiger partial charge in [-0.05, 0) is 17.7 Å². The highest BCUT2D eigenvalue weighted by molar-refractivity contribution is 5.87. The lowest BCUT2D eigenvalue weighted by atomic mass is 9.94. The van der Waals surface area contributed by atoms with Crippen LogP contribution in [0.3, 0.4) is 0 Å². The van der Waals surface area contributed by atoms with Gasteiger partial charge in [-0.15, -0.1) is 0 Å². The summed E-state index contributed by atoms with van der Waals surface area (Å²) in [6, 6.07) is 6.75. The van der Waals surface area contributed by atoms with Crippen LogP contribution in [0.4, 0.5) is 0 Å². The maximum atomic E-state index is 11.7. The number of ether oxygens (including phenoxy) is 1. The number of aliphatic carboxylic acids is 1. The third kappa shape index (κ3) is 2.03. The standard InChI is InChI=1S/C13H15NO4/c1-14-11(15)7-10(13(16)17)12(14)8-4-3-5-9(6-8)18-2/h3-6,10,12H,7H2,1-2H3,(H,16,17)/t10-,12-/m0/s1. The Morgan fingerprint density at radius 2 is 2.22 bits per heavy atom. The van der Waals surface area contributed by atoms with Crippen LogP contribution < -0.4 is 4.74 Å². The highest BCUT2D eigenvalue weighted by Gasteiger charge is 2.42. The maximum absolute atomic E-state index is 11.7. The van der Waals surface area contributed by atoms with Crippen molar-refractivity contribution in [1.29, 1.82) is 0 Å². The van der Waals surface area contributed by atoms with Crippen LogP contribution in [-0.2, 0) is 9.59 Å². The summed E-state index contributed by atoms with van der Waals surface area (Å²) >= 11 is 0. The van der Waals surface area contributed by atoms with Gasteiger partial charge in [-0.1, -0.05) is 12.1 Å². The third-order valence-corrected chi connectivity index (χ3v) is 3.34. The molecule has 0 saturated carbocycles. The third-order valence-electron chi connectivity index (χ3n) is 3.34. The number of nitrogens with zero attached hydrogens (tertiary/aromatic N) is 1. The molecule has 5 nitrogen and oxygen atoms in total. The zero-order chi connectivity index (χ0) is 13.3. The fourth-order valence-electron chi connectivity index (χ4n) is 2.37. The summed E-state index contributed by atoms with van der Waals surface area (Å²) in [4.78, 5) is 24.4. The van der Waals surface area contributed by atoms with Crippen LogP contribution in [0.2, 0.25) is 0 Å². The molecule has 18 heavy (non-hydrogen) atoms. The summed E-state index contributed by atoms with van der Waals surface area (Å²) in [7, 11) is 3.19. The van der Waals surface area contributed by atoms with E-state index in [4.69, 9.17) is 4.74 Å². The Morgan fingerprint density at radius 1 is 1.50 bits per heavy atom. The Morgan fingerprint density at radius 3 is 2.83 bits per heavy atom. The first kappa shape index (κ1) is 12.4. The molecule has 0 aromatic heterocycles. The minimum Gasteiger partial charge on any atom is -0.497 e. The molecule has 1 aromatic rings. The SMILES string of the molecule is COc1cccc([C@H]2[C@@H](C(=O)O)CC(=O)N2C)c1. The largest absolute Gasteiger partial charge is 0.497 e. The predicted octanol–water partition coefficient (Wildman–Crippen LogP) is 1.30. The second kappa shape index (κ2) is 4.68. The van der Waals surface area contributed by atoms with E-state index in [1.165, 1.54) is 4.90 Å². The number of carbonyl (C=O) groups is 2. The minimum absolute atomic E-state index is 0.0493. The summed E-state index contributed by atoms with van der Waals surface area (Å²) in [6.45, 7) is 0. The quantitative estimate of drug-likeness (QED) is 0.876. The van der Waals surface area contributed by atoms with E-state index in [-0.39, 0.29) is 12.3 Å². The predicted molar refractivity (Wildman–Crippen MR) is 64.2 cm³/mol. The Bertz CT molecular complexity index is 486. The van der Waals surface area contributed by atoms with E-state index in [0.717, 1.165) is 5.56 Å². The zero-order valence-corrected chi connectivity index (χ0v) is 10.3. The second-order valence-corrected chi connectivity index (χ2v) is 4.37. The van der Waals surface area contributed by atoms with Gasteiger partial charge in [0.2, 0.25) is 5.91 Å². The number of methoxy groups -OCH3 is 1. The van der Waals surface area contributed by atoms with E-state index < -0.39 is 17.9 Å². The molecule has 0 aliphatic carbocycles. The first-order chi connectivity index (χ1) is 8.54. The van der Waals surface area contributed by atoms with Crippen LogP contribution in [0.15, 0.2) is 24.3 Å². The van der Waals surface area contributed by atoms with E-state index >= 15 is 0 Å². The number of likely N-dealkylation sites (tertiary alicyclic amines) is 1. The fourth-order valence-corrected chi connectivity index (χ4v) is 2.37. The molecule has 5 heteroatoms. The lowest BCUT2D eigenvalue weighted by Gasteiger charge is -2.23. The topological polar surface area (TPSA) is 66.8 Å². The molecule has 0 bridgehead atoms. The summed E-state index contributed by atoms with van der Waals surface area (Å²) in [5.74, 6) is -1.13. The van der Waals surface area contributed by atoms with Crippen molar-refractivity contribution in [2.75, 3.05) is 14.2 Å². The van der Waals surface area contributed by atoms with Gasteiger partial charge in [-0.2, -0.15) is 0 Å². The van der Waals surface area contributed by atoms with Crippen molar-refractivity contribution in [3.63, 3.8) is 0 Å². The number of hydrogen-bond donors (Lipinski definition) is 1. The molecular weight excluding hydrogens is 234 g/mol. The number of benzene rings is 1. The second-order valence-electron chi connectivity index (χ2n) is 4.37. The van der Waals surface area contributed by atoms with Crippen molar-refractivity contribution in [2.24, 2.45) is 5.92 Å². The van der Waals surface area contributed by atoms with E-state index in [1.807, 2.05) is 6.07 Å². The molecule has 1 aliphatic heterocycles. The molecule has 1 aromatic carbocycles. The van der Waals surface area contributed by atoms with E-state index in [1.54, 1.807) is 32.4 Å². The zero-order valence-electron chi connectivity index (χ0n) is 10.3. The fraction of sp³-hybridized carbons (Fsp3) is 0.385. The van der Waals surface area contributed by atoms with E-state index in [9.17, 15) is 14.7 Å². The van der Waals surface area contributed by atoms with Crippen LogP contribution in [0.25, 0.3) is 0 Å². The minimum atomic E-state index is -0.944. The van der Waals surface area contributed by atoms with Gasteiger partial charge in [-0.3, -0.25) is 9.59 Å². The highest BCUT2D eigenvalue weighted by Crippen LogP contribution is 2.37. The van der Waals surface area contributed by atoms with Crippen molar-refractivity contribution in [1.82, 2.24) is 4.90 Å². The van der Waals surface area contributed by atoms with Crippen LogP contribution in [0.1, 0.15) is 18.0 Å². The summed E-state index contributed by atoms with van der Waals surface area (Å²) in [5.41, 5.74) is 0.787. The molecule has 2 rings (SSSR count). The molecule has 1 fully saturated rings. The molecule has 1 heterocycles. The van der Waals surface area contributed by atoms with Crippen molar-refractivity contribution >= 4 is 11.9 Å². The number of amides is 1. The smallest absolute Gasteiger partial charge is 0.309 e. The van der Waals surface area contributed by atoms with Gasteiger partial charge < -0.3 is 14.7 Å². The van der Waals surface area contributed by atoms with Gasteiger partial charge in [0.05, 0.1) is 19.1 Å². The highest BCUT2D eigenvalue weighted by atomic mass is 16.5. The number of hydrogen-bond acceptors (Lipinski definition) is 3. The van der Waals surface area contributed by atoms with Crippen molar-refractivity contribution in [2.45, 2.75) is 12.5 Å². The molecule has 1 amide bonds. The summed E-state index contributed by atoms with van der Waals surface area (Å²) in [6.07, 6.45) is 0.0493. The first-order valence-corrected chi connectivity index (χ1v) is 5.67. The molecule has 0 spiro atoms. The van der Waals surface area contributed by atoms with Crippen molar-refractivity contribution in [3.05, 3.63) is 29.8 Å². The molecule has 1 saturated heterocycles. The monoisotopic (exact) mass is 249 g/mol. The van der Waals surface area contributed by atoms with Crippen LogP contribution >= 0.6 is 0 Å². The number of carboxylic acids is 1. The summed E-state index contributed by atoms with van der Waals surface area (Å²) in [5, 5.41) is 9.20. The van der Waals surface area contributed by atoms with Gasteiger partial charge in [0.15, 0.2) is 0 Å². The molecule has 96 valence electrons. The molecule has 1 aliphatic rings. The maximum Gasteiger partial charge on any atom is 0.309 e. The Kier molecular flexibility index (Phi) is 3.23. The van der Waals surface area contributed by atoms with Crippen molar-refractivity contribution < 1.29 is 19.4 Å². The average molecular weight is 249 g/mol. The Hall–Kier alpha value is -2.04. The van der Waals surface area contributed by atoms with Gasteiger partial charge >= 0.3 is 5.97 Å². The molecule has 0 unspecified atom stereocenters. The first-order valence-electron chi connectivity index (χ1n) is 5.67. The van der Waals surface area contributed by atoms with Crippen LogP contribution in [-0.4, -0.2) is 36.0 Å². The average Bonchev–Trinajstić information content (AvgIpc) is 2.66. The number of rotatable bonds is 3. The van der Waals surface area contributed by atoms with Gasteiger partial charge in [0.25, 0.3) is 0 Å². The number of carbonyl (C=O) groups excluding carboxylic acids is 1. The van der Waals surface area contributed by atoms with Crippen molar-refractivity contribution in [3.8, 4) is 5.75 Å². The van der Waals surface area contributed by atoms with Gasteiger partial charge in [-0.25, -0.2) is 0 Å². The lowest BCUT2D eigenvalue weighted by molar-refractivity contribution is -0.142. The van der Waals surface area contributed by atoms with E-state index in [2.05, 4.69) is 0 Å². The lowest BCUT2D eigenvalue weighted by Crippen LogP contribution is -2.26. The van der Waals surface area contributed by atoms with Crippen LogP contribution in [0.5, 0.6) is 5.75 Å². The Balaban J connectivity index is 2.39. The van der Waals surface area contributed by atoms with Gasteiger partial charge in [0.1, 0.15) is 5.75 Å².